The Morgan fingerprint density at radius 1 is 1.58 bits per heavy atom. The van der Waals surface area contributed by atoms with Crippen molar-refractivity contribution in [1.82, 2.24) is 0 Å². The van der Waals surface area contributed by atoms with Crippen LogP contribution in [-0.2, 0) is 19.6 Å². The predicted octanol–water partition coefficient (Wildman–Crippen LogP) is 0.216. The van der Waals surface area contributed by atoms with Gasteiger partial charge in [-0.1, -0.05) is 6.92 Å². The summed E-state index contributed by atoms with van der Waals surface area (Å²) in [5.74, 6) is -0.481. The molecule has 0 saturated heterocycles. The lowest BCUT2D eigenvalue weighted by atomic mass is 10.5. The highest BCUT2D eigenvalue weighted by Crippen LogP contribution is 1.98. The molecule has 6 heteroatoms. The summed E-state index contributed by atoms with van der Waals surface area (Å²) in [4.78, 5) is 10.5. The van der Waals surface area contributed by atoms with Gasteiger partial charge in [-0.05, 0) is 6.92 Å². The van der Waals surface area contributed by atoms with E-state index in [1.165, 1.54) is 6.92 Å². The molecule has 1 atom stereocenters. The van der Waals surface area contributed by atoms with Crippen molar-refractivity contribution >= 4 is 16.1 Å². The Hall–Kier alpha value is -0.620. The molecular formula is C6H12O5S. The van der Waals surface area contributed by atoms with Gasteiger partial charge in [0.1, 0.15) is 11.9 Å². The Kier molecular flexibility index (Phi) is 4.19. The summed E-state index contributed by atoms with van der Waals surface area (Å²) >= 11 is 0. The second-order valence-corrected chi connectivity index (χ2v) is 4.20. The second-order valence-electron chi connectivity index (χ2n) is 2.36. The highest BCUT2D eigenvalue weighted by atomic mass is 32.2. The Morgan fingerprint density at radius 3 is 2.42 bits per heavy atom. The van der Waals surface area contributed by atoms with Gasteiger partial charge < -0.3 is 4.74 Å². The summed E-state index contributed by atoms with van der Waals surface area (Å²) in [5, 5.41) is -1.06. The molecule has 0 aliphatic carbocycles. The molecular weight excluding hydrogens is 184 g/mol. The van der Waals surface area contributed by atoms with Gasteiger partial charge in [0.05, 0.1) is 0 Å². The van der Waals surface area contributed by atoms with Gasteiger partial charge >= 0.3 is 5.97 Å². The summed E-state index contributed by atoms with van der Waals surface area (Å²) in [5.41, 5.74) is 0. The number of carbonyl (C=O) groups is 1. The molecule has 0 aromatic rings. The molecule has 0 fully saturated rings. The number of rotatable bonds is 4. The van der Waals surface area contributed by atoms with Gasteiger partial charge in [-0.25, -0.2) is 0 Å². The molecule has 72 valence electrons. The maximum absolute atomic E-state index is 10.5. The average molecular weight is 196 g/mol. The first kappa shape index (κ1) is 11.4. The lowest BCUT2D eigenvalue weighted by molar-refractivity contribution is -0.143. The fraction of sp³-hybridized carbons (Fsp3) is 0.833. The number of carbonyl (C=O) groups excluding carboxylic acids is 1. The van der Waals surface area contributed by atoms with Gasteiger partial charge in [0.25, 0.3) is 10.1 Å². The standard InChI is InChI=1S/C6H12O5S/c1-3-6(7)11-4-5(2)12(8,9)10/h5H,3-4H2,1-2H3,(H,8,9,10). The third-order valence-electron chi connectivity index (χ3n) is 1.28. The van der Waals surface area contributed by atoms with Crippen LogP contribution in [0.4, 0.5) is 0 Å². The zero-order valence-electron chi connectivity index (χ0n) is 6.98. The quantitative estimate of drug-likeness (QED) is 0.513. The Labute approximate surface area is 71.5 Å². The third-order valence-corrected chi connectivity index (χ3v) is 2.43. The molecule has 0 rings (SSSR count). The molecule has 0 aliphatic rings. The van der Waals surface area contributed by atoms with E-state index in [0.717, 1.165) is 0 Å². The topological polar surface area (TPSA) is 80.7 Å². The summed E-state index contributed by atoms with van der Waals surface area (Å²) < 4.78 is 33.7. The molecule has 12 heavy (non-hydrogen) atoms. The van der Waals surface area contributed by atoms with E-state index in [1.54, 1.807) is 6.92 Å². The fourth-order valence-electron chi connectivity index (χ4n) is 0.398. The van der Waals surface area contributed by atoms with E-state index >= 15 is 0 Å². The van der Waals surface area contributed by atoms with Gasteiger partial charge in [0, 0.05) is 6.42 Å². The SMILES string of the molecule is CCC(=O)OCC(C)S(=O)(=O)O. The molecule has 1 unspecified atom stereocenters. The van der Waals surface area contributed by atoms with E-state index in [0.29, 0.717) is 0 Å². The molecule has 0 radical (unpaired) electrons. The average Bonchev–Trinajstić information content (AvgIpc) is 1.97. The maximum Gasteiger partial charge on any atom is 0.305 e. The molecule has 0 aromatic heterocycles. The van der Waals surface area contributed by atoms with Crippen LogP contribution in [0.25, 0.3) is 0 Å². The van der Waals surface area contributed by atoms with Crippen LogP contribution in [0.2, 0.25) is 0 Å². The van der Waals surface area contributed by atoms with E-state index < -0.39 is 21.3 Å². The van der Waals surface area contributed by atoms with Crippen LogP contribution >= 0.6 is 0 Å². The van der Waals surface area contributed by atoms with Gasteiger partial charge in [0.15, 0.2) is 0 Å². The molecule has 0 heterocycles. The zero-order chi connectivity index (χ0) is 9.78. The van der Waals surface area contributed by atoms with Crippen LogP contribution in [0.5, 0.6) is 0 Å². The molecule has 5 nitrogen and oxygen atoms in total. The first-order chi connectivity index (χ1) is 5.38. The molecule has 0 spiro atoms. The molecule has 1 N–H and O–H groups in total. The molecule has 0 saturated carbocycles. The number of hydrogen-bond acceptors (Lipinski definition) is 4. The first-order valence-corrected chi connectivity index (χ1v) is 5.00. The van der Waals surface area contributed by atoms with Crippen LogP contribution in [0.3, 0.4) is 0 Å². The van der Waals surface area contributed by atoms with Crippen molar-refractivity contribution < 1.29 is 22.5 Å². The maximum atomic E-state index is 10.5. The zero-order valence-corrected chi connectivity index (χ0v) is 7.80. The fourth-order valence-corrected chi connectivity index (χ4v) is 0.638. The van der Waals surface area contributed by atoms with E-state index in [-0.39, 0.29) is 13.0 Å². The van der Waals surface area contributed by atoms with Crippen LogP contribution in [0.1, 0.15) is 20.3 Å². The summed E-state index contributed by atoms with van der Waals surface area (Å²) in [7, 11) is -4.08. The molecule has 0 aromatic carbocycles. The second kappa shape index (κ2) is 4.42. The minimum absolute atomic E-state index is 0.193. The molecule has 0 amide bonds. The minimum atomic E-state index is -4.08. The van der Waals surface area contributed by atoms with Crippen molar-refractivity contribution in [2.24, 2.45) is 0 Å². The lowest BCUT2D eigenvalue weighted by Gasteiger charge is -2.07. The van der Waals surface area contributed by atoms with E-state index in [1.807, 2.05) is 0 Å². The highest BCUT2D eigenvalue weighted by molar-refractivity contribution is 7.86. The molecule has 0 bridgehead atoms. The smallest absolute Gasteiger partial charge is 0.305 e. The van der Waals surface area contributed by atoms with E-state index in [4.69, 9.17) is 4.55 Å². The van der Waals surface area contributed by atoms with Crippen LogP contribution < -0.4 is 0 Å². The predicted molar refractivity (Wildman–Crippen MR) is 42.3 cm³/mol. The van der Waals surface area contributed by atoms with Crippen molar-refractivity contribution in [3.8, 4) is 0 Å². The van der Waals surface area contributed by atoms with Crippen LogP contribution in [0.15, 0.2) is 0 Å². The normalized spacial score (nSPS) is 13.9. The van der Waals surface area contributed by atoms with Crippen molar-refractivity contribution in [2.45, 2.75) is 25.5 Å². The van der Waals surface area contributed by atoms with E-state index in [9.17, 15) is 13.2 Å². The minimum Gasteiger partial charge on any atom is -0.464 e. The van der Waals surface area contributed by atoms with Gasteiger partial charge in [0.2, 0.25) is 0 Å². The first-order valence-electron chi connectivity index (χ1n) is 3.49. The Bertz CT molecular complexity index is 243. The summed E-state index contributed by atoms with van der Waals surface area (Å²) in [6.45, 7) is 2.56. The number of esters is 1. The van der Waals surface area contributed by atoms with Crippen molar-refractivity contribution in [2.75, 3.05) is 6.61 Å². The third kappa shape index (κ3) is 4.30. The highest BCUT2D eigenvalue weighted by Gasteiger charge is 2.18. The summed E-state index contributed by atoms with van der Waals surface area (Å²) in [6.07, 6.45) is 0.193. The Balaban J connectivity index is 3.88. The largest absolute Gasteiger partial charge is 0.464 e. The van der Waals surface area contributed by atoms with Crippen molar-refractivity contribution in [3.63, 3.8) is 0 Å². The van der Waals surface area contributed by atoms with Crippen LogP contribution in [-0.4, -0.2) is 30.8 Å². The van der Waals surface area contributed by atoms with Gasteiger partial charge in [-0.15, -0.1) is 0 Å². The lowest BCUT2D eigenvalue weighted by Crippen LogP contribution is -2.24. The summed E-state index contributed by atoms with van der Waals surface area (Å²) in [6, 6.07) is 0. The Morgan fingerprint density at radius 2 is 2.08 bits per heavy atom. The van der Waals surface area contributed by atoms with E-state index in [2.05, 4.69) is 4.74 Å². The van der Waals surface area contributed by atoms with Gasteiger partial charge in [-0.3, -0.25) is 9.35 Å². The van der Waals surface area contributed by atoms with Crippen molar-refractivity contribution in [3.05, 3.63) is 0 Å². The van der Waals surface area contributed by atoms with Crippen molar-refractivity contribution in [1.29, 1.82) is 0 Å². The van der Waals surface area contributed by atoms with Gasteiger partial charge in [-0.2, -0.15) is 8.42 Å². The van der Waals surface area contributed by atoms with Crippen LogP contribution in [0, 0.1) is 0 Å². The monoisotopic (exact) mass is 196 g/mol. The number of ether oxygens (including phenoxy) is 1. The number of hydrogen-bond donors (Lipinski definition) is 1. The molecule has 0 aliphatic heterocycles.